The second-order valence-corrected chi connectivity index (χ2v) is 5.53. The highest BCUT2D eigenvalue weighted by atomic mass is 19.2. The summed E-state index contributed by atoms with van der Waals surface area (Å²) < 4.78 is 58.9. The van der Waals surface area contributed by atoms with E-state index in [4.69, 9.17) is 4.74 Å². The molecule has 0 spiro atoms. The maximum absolute atomic E-state index is 14.0. The van der Waals surface area contributed by atoms with E-state index in [2.05, 4.69) is 10.3 Å². The van der Waals surface area contributed by atoms with Gasteiger partial charge in [0, 0.05) is 23.4 Å². The van der Waals surface area contributed by atoms with Crippen LogP contribution in [0.3, 0.4) is 0 Å². The van der Waals surface area contributed by atoms with Gasteiger partial charge in [0.15, 0.2) is 23.2 Å². The minimum atomic E-state index is -1.31. The molecular weight excluding hydrogens is 364 g/mol. The molecule has 1 aromatic heterocycles. The van der Waals surface area contributed by atoms with E-state index in [1.54, 1.807) is 0 Å². The number of aromatic nitrogens is 1. The number of pyridine rings is 1. The van der Waals surface area contributed by atoms with Crippen LogP contribution in [0, 0.1) is 30.2 Å². The summed E-state index contributed by atoms with van der Waals surface area (Å²) in [5.74, 6) is -5.47. The summed E-state index contributed by atoms with van der Waals surface area (Å²) in [7, 11) is 0. The number of benzene rings is 2. The highest BCUT2D eigenvalue weighted by Crippen LogP contribution is 2.28. The Balaban J connectivity index is 1.82. The number of rotatable bonds is 4. The van der Waals surface area contributed by atoms with Gasteiger partial charge in [0.1, 0.15) is 11.5 Å². The molecular formula is C19H12F4N2O2. The Morgan fingerprint density at radius 2 is 1.70 bits per heavy atom. The predicted molar refractivity (Wildman–Crippen MR) is 89.7 cm³/mol. The lowest BCUT2D eigenvalue weighted by Crippen LogP contribution is -2.13. The average Bonchev–Trinajstić information content (AvgIpc) is 2.66. The lowest BCUT2D eigenvalue weighted by molar-refractivity contribution is 0.102. The number of halogens is 4. The van der Waals surface area contributed by atoms with Crippen molar-refractivity contribution >= 4 is 11.6 Å². The van der Waals surface area contributed by atoms with E-state index in [9.17, 15) is 22.4 Å². The van der Waals surface area contributed by atoms with Crippen molar-refractivity contribution in [2.24, 2.45) is 0 Å². The molecule has 0 radical (unpaired) electrons. The second-order valence-electron chi connectivity index (χ2n) is 5.53. The summed E-state index contributed by atoms with van der Waals surface area (Å²) in [6.07, 6.45) is 0. The maximum atomic E-state index is 14.0. The lowest BCUT2D eigenvalue weighted by Gasteiger charge is -2.10. The Hall–Kier alpha value is -3.42. The Morgan fingerprint density at radius 1 is 1.00 bits per heavy atom. The van der Waals surface area contributed by atoms with Gasteiger partial charge in [0.05, 0.1) is 0 Å². The Kier molecular flexibility index (Phi) is 5.07. The van der Waals surface area contributed by atoms with Crippen LogP contribution in [0.4, 0.5) is 23.2 Å². The Morgan fingerprint density at radius 3 is 2.41 bits per heavy atom. The Bertz CT molecular complexity index is 1010. The fourth-order valence-corrected chi connectivity index (χ4v) is 2.22. The van der Waals surface area contributed by atoms with Crippen molar-refractivity contribution in [1.82, 2.24) is 4.98 Å². The van der Waals surface area contributed by atoms with Gasteiger partial charge in [0.25, 0.3) is 5.91 Å². The lowest BCUT2D eigenvalue weighted by atomic mass is 10.2. The molecule has 0 atom stereocenters. The fourth-order valence-electron chi connectivity index (χ4n) is 2.22. The van der Waals surface area contributed by atoms with E-state index < -0.39 is 40.5 Å². The van der Waals surface area contributed by atoms with Crippen LogP contribution < -0.4 is 10.1 Å². The molecule has 0 bridgehead atoms. The van der Waals surface area contributed by atoms with Crippen LogP contribution in [0.15, 0.2) is 48.5 Å². The van der Waals surface area contributed by atoms with Crippen molar-refractivity contribution in [1.29, 1.82) is 0 Å². The molecule has 1 N–H and O–H groups in total. The molecule has 3 rings (SSSR count). The summed E-state index contributed by atoms with van der Waals surface area (Å²) >= 11 is 0. The molecule has 27 heavy (non-hydrogen) atoms. The zero-order valence-corrected chi connectivity index (χ0v) is 13.9. The first kappa shape index (κ1) is 18.4. The zero-order chi connectivity index (χ0) is 19.6. The average molecular weight is 376 g/mol. The minimum absolute atomic E-state index is 0.0726. The van der Waals surface area contributed by atoms with E-state index in [0.717, 1.165) is 6.92 Å². The Labute approximate surface area is 151 Å². The van der Waals surface area contributed by atoms with Gasteiger partial charge in [0.2, 0.25) is 5.88 Å². The first-order valence-electron chi connectivity index (χ1n) is 7.71. The molecule has 1 heterocycles. The molecule has 4 nitrogen and oxygen atoms in total. The topological polar surface area (TPSA) is 51.2 Å². The molecule has 3 aromatic rings. The van der Waals surface area contributed by atoms with E-state index in [1.807, 2.05) is 0 Å². The van der Waals surface area contributed by atoms with Gasteiger partial charge in [-0.2, -0.15) is 0 Å². The summed E-state index contributed by atoms with van der Waals surface area (Å²) in [6, 6.07) is 9.77. The highest BCUT2D eigenvalue weighted by Gasteiger charge is 2.18. The van der Waals surface area contributed by atoms with Crippen LogP contribution in [0.25, 0.3) is 0 Å². The molecule has 0 aliphatic rings. The van der Waals surface area contributed by atoms with Gasteiger partial charge in [-0.1, -0.05) is 6.07 Å². The van der Waals surface area contributed by atoms with Crippen molar-refractivity contribution < 1.29 is 27.1 Å². The van der Waals surface area contributed by atoms with Gasteiger partial charge < -0.3 is 10.1 Å². The predicted octanol–water partition coefficient (Wildman–Crippen LogP) is 4.99. The zero-order valence-electron chi connectivity index (χ0n) is 13.9. The maximum Gasteiger partial charge on any atom is 0.274 e. The second kappa shape index (κ2) is 7.45. The third kappa shape index (κ3) is 4.05. The molecule has 0 aliphatic heterocycles. The number of amides is 1. The molecule has 138 valence electrons. The number of hydrogen-bond donors (Lipinski definition) is 1. The summed E-state index contributed by atoms with van der Waals surface area (Å²) in [6.45, 7) is 1.07. The van der Waals surface area contributed by atoms with Gasteiger partial charge in [-0.25, -0.2) is 22.5 Å². The van der Waals surface area contributed by atoms with Gasteiger partial charge in [-0.3, -0.25) is 4.79 Å². The highest BCUT2D eigenvalue weighted by molar-refractivity contribution is 6.02. The van der Waals surface area contributed by atoms with Crippen LogP contribution in [-0.2, 0) is 0 Å². The van der Waals surface area contributed by atoms with Crippen LogP contribution in [0.2, 0.25) is 0 Å². The van der Waals surface area contributed by atoms with Crippen LogP contribution >= 0.6 is 0 Å². The smallest absolute Gasteiger partial charge is 0.274 e. The van der Waals surface area contributed by atoms with Gasteiger partial charge in [-0.15, -0.1) is 0 Å². The molecule has 0 unspecified atom stereocenters. The van der Waals surface area contributed by atoms with E-state index in [0.29, 0.717) is 11.8 Å². The van der Waals surface area contributed by atoms with Crippen LogP contribution in [0.1, 0.15) is 16.1 Å². The molecule has 0 fully saturated rings. The van der Waals surface area contributed by atoms with Crippen molar-refractivity contribution in [2.75, 3.05) is 5.32 Å². The SMILES string of the molecule is Cc1c(F)c(F)cc(Oc2cccc(C(=O)Nc3ccc(F)cc3)n2)c1F. The van der Waals surface area contributed by atoms with Crippen molar-refractivity contribution in [3.63, 3.8) is 0 Å². The quantitative estimate of drug-likeness (QED) is 0.516. The first-order valence-corrected chi connectivity index (χ1v) is 7.71. The molecule has 1 amide bonds. The summed E-state index contributed by atoms with van der Waals surface area (Å²) in [5, 5.41) is 2.51. The van der Waals surface area contributed by atoms with Crippen molar-refractivity contribution in [3.05, 3.63) is 83.1 Å². The molecule has 2 aromatic carbocycles. The first-order chi connectivity index (χ1) is 12.8. The normalized spacial score (nSPS) is 10.6. The van der Waals surface area contributed by atoms with Gasteiger partial charge in [-0.05, 0) is 37.3 Å². The number of nitrogens with zero attached hydrogens (tertiary/aromatic N) is 1. The summed E-state index contributed by atoms with van der Waals surface area (Å²) in [4.78, 5) is 16.1. The number of hydrogen-bond acceptors (Lipinski definition) is 3. The van der Waals surface area contributed by atoms with Crippen LogP contribution in [-0.4, -0.2) is 10.9 Å². The van der Waals surface area contributed by atoms with Crippen LogP contribution in [0.5, 0.6) is 11.6 Å². The number of carbonyl (C=O) groups is 1. The summed E-state index contributed by atoms with van der Waals surface area (Å²) in [5.41, 5.74) is -0.261. The number of carbonyl (C=O) groups excluding carboxylic acids is 1. The number of nitrogens with one attached hydrogen (secondary N) is 1. The molecule has 0 saturated heterocycles. The number of anilines is 1. The number of ether oxygens (including phenoxy) is 1. The third-order valence-electron chi connectivity index (χ3n) is 3.62. The van der Waals surface area contributed by atoms with Crippen molar-refractivity contribution in [3.8, 4) is 11.6 Å². The fraction of sp³-hybridized carbons (Fsp3) is 0.0526. The molecule has 0 saturated carbocycles. The standard InChI is InChI=1S/C19H12F4N2O2/c1-10-17(22)13(21)9-15(18(10)23)27-16-4-2-3-14(25-16)19(26)24-12-7-5-11(20)6-8-12/h2-9H,1H3,(H,24,26). The van der Waals surface area contributed by atoms with E-state index >= 15 is 0 Å². The third-order valence-corrected chi connectivity index (χ3v) is 3.62. The largest absolute Gasteiger partial charge is 0.436 e. The monoisotopic (exact) mass is 376 g/mol. The van der Waals surface area contributed by atoms with Gasteiger partial charge >= 0.3 is 0 Å². The van der Waals surface area contributed by atoms with E-state index in [1.165, 1.54) is 42.5 Å². The molecule has 0 aliphatic carbocycles. The molecule has 8 heteroatoms. The minimum Gasteiger partial charge on any atom is -0.436 e. The van der Waals surface area contributed by atoms with Crippen molar-refractivity contribution in [2.45, 2.75) is 6.92 Å². The van der Waals surface area contributed by atoms with E-state index in [-0.39, 0.29) is 11.6 Å².